The summed E-state index contributed by atoms with van der Waals surface area (Å²) >= 11 is 0. The zero-order valence-corrected chi connectivity index (χ0v) is 10.9. The predicted molar refractivity (Wildman–Crippen MR) is 34.5 cm³/mol. The maximum atomic E-state index is 8.36. The van der Waals surface area contributed by atoms with Gasteiger partial charge in [0.1, 0.15) is 0 Å². The molecule has 0 saturated heterocycles. The van der Waals surface area contributed by atoms with Gasteiger partial charge in [-0.15, -0.1) is 0 Å². The van der Waals surface area contributed by atoms with Gasteiger partial charge in [0.25, 0.3) is 12.9 Å². The molecule has 2 N–H and O–H groups in total. The zero-order valence-electron chi connectivity index (χ0n) is 10.3. The summed E-state index contributed by atoms with van der Waals surface area (Å²) in [6, 6.07) is 0. The molecule has 0 aliphatic carbocycles. The van der Waals surface area contributed by atoms with Crippen LogP contribution < -0.4 is 29.6 Å². The van der Waals surface area contributed by atoms with E-state index in [2.05, 4.69) is 0 Å². The Bertz CT molecular complexity index is 52.7. The number of hydrogen-bond donors (Lipinski definition) is 2. The minimum atomic E-state index is -0.250. The number of carbonyl (C=O) groups is 2. The fourth-order valence-electron chi connectivity index (χ4n) is 0. The summed E-state index contributed by atoms with van der Waals surface area (Å²) in [4.78, 5) is 16.7. The summed E-state index contributed by atoms with van der Waals surface area (Å²) in [6.45, 7) is -0.500. The second kappa shape index (κ2) is 50.9. The van der Waals surface area contributed by atoms with Crippen molar-refractivity contribution in [2.75, 3.05) is 0 Å². The maximum absolute atomic E-state index is 8.36. The number of hydrogen-bond acceptors (Lipinski definition) is 2. The van der Waals surface area contributed by atoms with Crippen LogP contribution in [0.4, 0.5) is 0 Å². The Morgan fingerprint density at radius 3 is 1.11 bits per heavy atom. The summed E-state index contributed by atoms with van der Waals surface area (Å²) in [7, 11) is 0. The molecule has 0 aromatic carbocycles. The van der Waals surface area contributed by atoms with Gasteiger partial charge in [-0.05, 0) is 0 Å². The van der Waals surface area contributed by atoms with Crippen LogP contribution in [-0.2, 0) is 9.59 Å². The quantitative estimate of drug-likeness (QED) is 0.299. The van der Waals surface area contributed by atoms with E-state index in [0.717, 1.165) is 0 Å². The van der Waals surface area contributed by atoms with E-state index in [4.69, 9.17) is 19.8 Å². The van der Waals surface area contributed by atoms with Crippen LogP contribution in [0.3, 0.4) is 0 Å². The van der Waals surface area contributed by atoms with Crippen molar-refractivity contribution in [1.29, 1.82) is 0 Å². The molecule has 0 unspecified atom stereocenters. The van der Waals surface area contributed by atoms with Gasteiger partial charge in [0, 0.05) is 0 Å². The molecule has 0 bridgehead atoms. The molecule has 0 atom stereocenters. The van der Waals surface area contributed by atoms with Crippen LogP contribution in [0.1, 0.15) is 7.13 Å². The first-order valence-electron chi connectivity index (χ1n) is 0.988. The molecule has 4 nitrogen and oxygen atoms in total. The SMILES string of the molecule is O=CO.O=CO.[Ca+2].[H-].[H-].[H-].[H-].[H-].[Mg+2].[Na+]. The molecule has 0 radical (unpaired) electrons. The van der Waals surface area contributed by atoms with Gasteiger partial charge in [-0.3, -0.25) is 9.59 Å². The topological polar surface area (TPSA) is 74.6 Å². The summed E-state index contributed by atoms with van der Waals surface area (Å²) in [5.41, 5.74) is 0. The maximum Gasteiger partial charge on any atom is 2.00 e. The van der Waals surface area contributed by atoms with Gasteiger partial charge in [-0.2, -0.15) is 0 Å². The molecule has 0 aromatic heterocycles. The zero-order chi connectivity index (χ0) is 5.41. The monoisotopic (exact) mass is 184 g/mol. The Kier molecular flexibility index (Phi) is 173. The molecule has 0 spiro atoms. The third-order valence-corrected chi connectivity index (χ3v) is 0. The summed E-state index contributed by atoms with van der Waals surface area (Å²) in [5, 5.41) is 13.8. The van der Waals surface area contributed by atoms with E-state index in [0.29, 0.717) is 0 Å². The van der Waals surface area contributed by atoms with E-state index in [-0.39, 0.29) is 110 Å². The van der Waals surface area contributed by atoms with Gasteiger partial charge in [0.05, 0.1) is 0 Å². The van der Waals surface area contributed by atoms with Crippen molar-refractivity contribution in [1.82, 2.24) is 0 Å². The molecule has 0 aromatic rings. The minimum Gasteiger partial charge on any atom is -1.00 e. The molecule has 46 valence electrons. The first-order chi connectivity index (χ1) is 2.83. The van der Waals surface area contributed by atoms with Gasteiger partial charge in [-0.25, -0.2) is 0 Å². The van der Waals surface area contributed by atoms with E-state index in [1.165, 1.54) is 0 Å². The van der Waals surface area contributed by atoms with Crippen LogP contribution in [0, 0.1) is 0 Å². The van der Waals surface area contributed by atoms with Crippen LogP contribution >= 0.6 is 0 Å². The van der Waals surface area contributed by atoms with Crippen molar-refractivity contribution in [3.8, 4) is 0 Å². The second-order valence-corrected chi connectivity index (χ2v) is 0.211. The minimum absolute atomic E-state index is 0. The molecular weight excluding hydrogens is 175 g/mol. The molecule has 0 heterocycles. The smallest absolute Gasteiger partial charge is 1.00 e. The Morgan fingerprint density at radius 1 is 1.11 bits per heavy atom. The molecule has 0 rings (SSSR count). The van der Waals surface area contributed by atoms with E-state index in [1.54, 1.807) is 0 Å². The Balaban J connectivity index is -0.00000000182. The molecule has 0 aliphatic heterocycles. The van der Waals surface area contributed by atoms with Crippen LogP contribution in [-0.4, -0.2) is 83.9 Å². The van der Waals surface area contributed by atoms with Crippen molar-refractivity contribution >= 4 is 73.7 Å². The van der Waals surface area contributed by atoms with Gasteiger partial charge >= 0.3 is 90.3 Å². The van der Waals surface area contributed by atoms with Gasteiger partial charge in [0.2, 0.25) is 0 Å². The molecule has 0 saturated carbocycles. The fraction of sp³-hybridized carbons (Fsp3) is 0. The molecule has 9 heavy (non-hydrogen) atoms. The predicted octanol–water partition coefficient (Wildman–Crippen LogP) is -3.79. The van der Waals surface area contributed by atoms with Crippen LogP contribution in [0.2, 0.25) is 0 Å². The average Bonchev–Trinajstić information content (AvgIpc) is 1.39. The second-order valence-electron chi connectivity index (χ2n) is 0.211. The van der Waals surface area contributed by atoms with Crippen LogP contribution in [0.15, 0.2) is 0 Å². The Morgan fingerprint density at radius 2 is 1.11 bits per heavy atom. The average molecular weight is 184 g/mol. The third-order valence-electron chi connectivity index (χ3n) is 0. The van der Waals surface area contributed by atoms with Crippen LogP contribution in [0.25, 0.3) is 0 Å². The van der Waals surface area contributed by atoms with E-state index >= 15 is 0 Å². The number of carboxylic acid groups (broad SMARTS) is 2. The van der Waals surface area contributed by atoms with E-state index < -0.39 is 0 Å². The Labute approximate surface area is 128 Å². The first kappa shape index (κ1) is 30.6. The van der Waals surface area contributed by atoms with Gasteiger partial charge < -0.3 is 17.3 Å². The molecule has 7 heteroatoms. The molecular formula is C2H9CaMgNaO4. The van der Waals surface area contributed by atoms with Crippen LogP contribution in [0.5, 0.6) is 0 Å². The van der Waals surface area contributed by atoms with E-state index in [9.17, 15) is 0 Å². The Hall–Kier alpha value is 1.97. The van der Waals surface area contributed by atoms with Crippen molar-refractivity contribution in [3.05, 3.63) is 0 Å². The van der Waals surface area contributed by atoms with Crippen molar-refractivity contribution in [2.45, 2.75) is 0 Å². The molecule has 0 aliphatic rings. The van der Waals surface area contributed by atoms with Crippen molar-refractivity contribution < 1.29 is 56.5 Å². The molecule has 0 amide bonds. The van der Waals surface area contributed by atoms with Crippen molar-refractivity contribution in [3.63, 3.8) is 0 Å². The van der Waals surface area contributed by atoms with Gasteiger partial charge in [0.15, 0.2) is 0 Å². The van der Waals surface area contributed by atoms with Crippen molar-refractivity contribution in [2.24, 2.45) is 0 Å². The van der Waals surface area contributed by atoms with E-state index in [1.807, 2.05) is 0 Å². The largest absolute Gasteiger partial charge is 2.00 e. The summed E-state index contributed by atoms with van der Waals surface area (Å²) in [6.07, 6.45) is 0. The summed E-state index contributed by atoms with van der Waals surface area (Å²) in [5.74, 6) is 0. The molecule has 0 fully saturated rings. The third kappa shape index (κ3) is 164. The van der Waals surface area contributed by atoms with Gasteiger partial charge in [-0.1, -0.05) is 0 Å². The first-order valence-corrected chi connectivity index (χ1v) is 0.988. The fourth-order valence-corrected chi connectivity index (χ4v) is 0. The normalized spacial score (nSPS) is 2.67. The standard InChI is InChI=1S/2CH2O2.Ca.Mg.Na.5H/c2*2-1-3;;;;;;;;/h2*1H,(H,2,3);;;;;;;;/q;;2*+2;+1;5*-1. The number of rotatable bonds is 0. The summed E-state index contributed by atoms with van der Waals surface area (Å²) < 4.78 is 0.